The molecule has 3 aromatic rings. The zero-order valence-electron chi connectivity index (χ0n) is 16.0. The van der Waals surface area contributed by atoms with Gasteiger partial charge in [-0.05, 0) is 53.8 Å². The van der Waals surface area contributed by atoms with Crippen LogP contribution in [0.1, 0.15) is 27.0 Å². The van der Waals surface area contributed by atoms with Gasteiger partial charge in [0.15, 0.2) is 0 Å². The number of hydrogen-bond donors (Lipinski definition) is 2. The lowest BCUT2D eigenvalue weighted by Crippen LogP contribution is -2.42. The zero-order valence-corrected chi connectivity index (χ0v) is 16.0. The molecule has 28 heavy (non-hydrogen) atoms. The molecule has 0 fully saturated rings. The summed E-state index contributed by atoms with van der Waals surface area (Å²) in [5.41, 5.74) is 5.64. The Labute approximate surface area is 164 Å². The van der Waals surface area contributed by atoms with Crippen LogP contribution in [-0.2, 0) is 11.2 Å². The van der Waals surface area contributed by atoms with Crippen molar-refractivity contribution in [2.75, 3.05) is 0 Å². The molecular formula is C24H23NO3. The smallest absolute Gasteiger partial charge is 0.326 e. The Morgan fingerprint density at radius 2 is 1.50 bits per heavy atom. The fraction of sp³-hybridized carbons (Fsp3) is 0.167. The molecule has 0 unspecified atom stereocenters. The van der Waals surface area contributed by atoms with Crippen LogP contribution in [0, 0.1) is 13.8 Å². The minimum Gasteiger partial charge on any atom is -0.480 e. The highest BCUT2D eigenvalue weighted by Gasteiger charge is 2.21. The van der Waals surface area contributed by atoms with E-state index in [9.17, 15) is 14.7 Å². The third-order valence-electron chi connectivity index (χ3n) is 4.87. The Kier molecular flexibility index (Phi) is 5.90. The highest BCUT2D eigenvalue weighted by Crippen LogP contribution is 2.19. The number of aryl methyl sites for hydroxylation is 2. The van der Waals surface area contributed by atoms with E-state index in [1.165, 1.54) is 0 Å². The summed E-state index contributed by atoms with van der Waals surface area (Å²) in [7, 11) is 0. The molecule has 0 heterocycles. The van der Waals surface area contributed by atoms with E-state index in [1.807, 2.05) is 74.5 Å². The molecule has 1 atom stereocenters. The van der Waals surface area contributed by atoms with Crippen LogP contribution in [0.4, 0.5) is 0 Å². The monoisotopic (exact) mass is 373 g/mol. The van der Waals surface area contributed by atoms with E-state index in [1.54, 1.807) is 12.1 Å². The molecular weight excluding hydrogens is 350 g/mol. The number of rotatable bonds is 6. The third-order valence-corrected chi connectivity index (χ3v) is 4.87. The SMILES string of the molecule is Cc1ccc(C[C@H](NC(=O)c2ccc(-c3ccccc3)cc2)C(=O)O)cc1C. The fourth-order valence-electron chi connectivity index (χ4n) is 3.05. The van der Waals surface area contributed by atoms with Crippen LogP contribution in [-0.4, -0.2) is 23.0 Å². The summed E-state index contributed by atoms with van der Waals surface area (Å²) in [4.78, 5) is 24.2. The molecule has 0 saturated carbocycles. The van der Waals surface area contributed by atoms with Crippen molar-refractivity contribution in [2.24, 2.45) is 0 Å². The average Bonchev–Trinajstić information content (AvgIpc) is 2.71. The Balaban J connectivity index is 1.71. The maximum absolute atomic E-state index is 12.5. The third kappa shape index (κ3) is 4.65. The van der Waals surface area contributed by atoms with E-state index in [4.69, 9.17) is 0 Å². The average molecular weight is 373 g/mol. The van der Waals surface area contributed by atoms with Gasteiger partial charge in [0.05, 0.1) is 0 Å². The number of carboxylic acids is 1. The van der Waals surface area contributed by atoms with Crippen LogP contribution < -0.4 is 5.32 Å². The summed E-state index contributed by atoms with van der Waals surface area (Å²) in [6, 6.07) is 21.9. The van der Waals surface area contributed by atoms with Gasteiger partial charge in [-0.15, -0.1) is 0 Å². The number of aliphatic carboxylic acids is 1. The molecule has 0 aliphatic heterocycles. The van der Waals surface area contributed by atoms with Crippen molar-refractivity contribution in [3.05, 3.63) is 95.1 Å². The number of carbonyl (C=O) groups is 2. The van der Waals surface area contributed by atoms with Crippen LogP contribution in [0.5, 0.6) is 0 Å². The molecule has 0 saturated heterocycles. The molecule has 1 amide bonds. The van der Waals surface area contributed by atoms with E-state index >= 15 is 0 Å². The van der Waals surface area contributed by atoms with E-state index in [2.05, 4.69) is 5.32 Å². The van der Waals surface area contributed by atoms with Crippen molar-refractivity contribution in [3.8, 4) is 11.1 Å². The summed E-state index contributed by atoms with van der Waals surface area (Å²) >= 11 is 0. The first-order valence-corrected chi connectivity index (χ1v) is 9.19. The van der Waals surface area contributed by atoms with Crippen molar-refractivity contribution >= 4 is 11.9 Å². The summed E-state index contributed by atoms with van der Waals surface area (Å²) in [6.07, 6.45) is 0.240. The van der Waals surface area contributed by atoms with E-state index in [0.717, 1.165) is 27.8 Å². The first kappa shape index (κ1) is 19.4. The second-order valence-corrected chi connectivity index (χ2v) is 6.93. The first-order chi connectivity index (χ1) is 13.4. The predicted octanol–water partition coefficient (Wildman–Crippen LogP) is 4.40. The molecule has 4 nitrogen and oxygen atoms in total. The Morgan fingerprint density at radius 1 is 0.857 bits per heavy atom. The van der Waals surface area contributed by atoms with Gasteiger partial charge in [0.25, 0.3) is 5.91 Å². The van der Waals surface area contributed by atoms with Crippen LogP contribution in [0.3, 0.4) is 0 Å². The molecule has 0 aromatic heterocycles. The highest BCUT2D eigenvalue weighted by atomic mass is 16.4. The number of carbonyl (C=O) groups excluding carboxylic acids is 1. The standard InChI is InChI=1S/C24H23NO3/c1-16-8-9-18(14-17(16)2)15-22(24(27)28)25-23(26)21-12-10-20(11-13-21)19-6-4-3-5-7-19/h3-14,22H,15H2,1-2H3,(H,25,26)(H,27,28)/t22-/m0/s1. The molecule has 0 radical (unpaired) electrons. The zero-order chi connectivity index (χ0) is 20.1. The second kappa shape index (κ2) is 8.53. The van der Waals surface area contributed by atoms with Gasteiger partial charge in [-0.3, -0.25) is 4.79 Å². The van der Waals surface area contributed by atoms with Crippen LogP contribution in [0.2, 0.25) is 0 Å². The Morgan fingerprint density at radius 3 is 2.11 bits per heavy atom. The van der Waals surface area contributed by atoms with E-state index in [-0.39, 0.29) is 6.42 Å². The van der Waals surface area contributed by atoms with Crippen molar-refractivity contribution in [3.63, 3.8) is 0 Å². The number of hydrogen-bond acceptors (Lipinski definition) is 2. The molecule has 2 N–H and O–H groups in total. The second-order valence-electron chi connectivity index (χ2n) is 6.93. The number of benzene rings is 3. The van der Waals surface area contributed by atoms with E-state index < -0.39 is 17.9 Å². The maximum Gasteiger partial charge on any atom is 0.326 e. The maximum atomic E-state index is 12.5. The van der Waals surface area contributed by atoms with Gasteiger partial charge in [-0.1, -0.05) is 60.7 Å². The molecule has 0 aliphatic rings. The minimum absolute atomic E-state index is 0.240. The Hall–Kier alpha value is -3.40. The number of amides is 1. The van der Waals surface area contributed by atoms with Crippen LogP contribution >= 0.6 is 0 Å². The van der Waals surface area contributed by atoms with Crippen LogP contribution in [0.15, 0.2) is 72.8 Å². The van der Waals surface area contributed by atoms with Crippen LogP contribution in [0.25, 0.3) is 11.1 Å². The van der Waals surface area contributed by atoms with Gasteiger partial charge in [0.1, 0.15) is 6.04 Å². The minimum atomic E-state index is -1.05. The van der Waals surface area contributed by atoms with Gasteiger partial charge < -0.3 is 10.4 Å². The normalized spacial score (nSPS) is 11.6. The number of carboxylic acid groups (broad SMARTS) is 1. The lowest BCUT2D eigenvalue weighted by atomic mass is 10.0. The summed E-state index contributed by atoms with van der Waals surface area (Å²) in [5, 5.41) is 12.2. The fourth-order valence-corrected chi connectivity index (χ4v) is 3.05. The predicted molar refractivity (Wildman–Crippen MR) is 110 cm³/mol. The van der Waals surface area contributed by atoms with E-state index in [0.29, 0.717) is 5.56 Å². The summed E-state index contributed by atoms with van der Waals surface area (Å²) in [6.45, 7) is 4.00. The molecule has 3 rings (SSSR count). The molecule has 142 valence electrons. The molecule has 0 spiro atoms. The highest BCUT2D eigenvalue weighted by molar-refractivity contribution is 5.97. The summed E-state index contributed by atoms with van der Waals surface area (Å²) < 4.78 is 0. The quantitative estimate of drug-likeness (QED) is 0.673. The lowest BCUT2D eigenvalue weighted by molar-refractivity contribution is -0.139. The van der Waals surface area contributed by atoms with Gasteiger partial charge in [-0.25, -0.2) is 4.79 Å². The molecule has 4 heteroatoms. The molecule has 0 aliphatic carbocycles. The van der Waals surface area contributed by atoms with Crippen molar-refractivity contribution < 1.29 is 14.7 Å². The first-order valence-electron chi connectivity index (χ1n) is 9.19. The van der Waals surface area contributed by atoms with Crippen molar-refractivity contribution in [2.45, 2.75) is 26.3 Å². The topological polar surface area (TPSA) is 66.4 Å². The molecule has 0 bridgehead atoms. The van der Waals surface area contributed by atoms with Crippen molar-refractivity contribution in [1.82, 2.24) is 5.32 Å². The Bertz CT molecular complexity index is 978. The lowest BCUT2D eigenvalue weighted by Gasteiger charge is -2.15. The van der Waals surface area contributed by atoms with Gasteiger partial charge in [0.2, 0.25) is 0 Å². The largest absolute Gasteiger partial charge is 0.480 e. The van der Waals surface area contributed by atoms with Gasteiger partial charge in [0, 0.05) is 12.0 Å². The van der Waals surface area contributed by atoms with Gasteiger partial charge >= 0.3 is 5.97 Å². The van der Waals surface area contributed by atoms with Gasteiger partial charge in [-0.2, -0.15) is 0 Å². The molecule has 3 aromatic carbocycles. The van der Waals surface area contributed by atoms with Crippen molar-refractivity contribution in [1.29, 1.82) is 0 Å². The summed E-state index contributed by atoms with van der Waals surface area (Å²) in [5.74, 6) is -1.44. The number of nitrogens with one attached hydrogen (secondary N) is 1.